The molecule has 144 valence electrons. The molecule has 26 heavy (non-hydrogen) atoms. The molecule has 1 aliphatic heterocycles. The SMILES string of the molecule is CCCCC(=O)Nc1ccc(NC(=O)CN2CCCN(C)CC2)cc1C. The van der Waals surface area contributed by atoms with Gasteiger partial charge < -0.3 is 15.5 Å². The second kappa shape index (κ2) is 10.3. The number of carbonyl (C=O) groups excluding carboxylic acids is 2. The molecule has 0 spiro atoms. The number of carbonyl (C=O) groups is 2. The van der Waals surface area contributed by atoms with Gasteiger partial charge in [0.2, 0.25) is 11.8 Å². The molecule has 2 amide bonds. The quantitative estimate of drug-likeness (QED) is 0.785. The lowest BCUT2D eigenvalue weighted by Gasteiger charge is -2.19. The van der Waals surface area contributed by atoms with Gasteiger partial charge in [0.15, 0.2) is 0 Å². The summed E-state index contributed by atoms with van der Waals surface area (Å²) in [6.07, 6.45) is 3.53. The van der Waals surface area contributed by atoms with Crippen LogP contribution in [0.3, 0.4) is 0 Å². The monoisotopic (exact) mass is 360 g/mol. The number of hydrogen-bond donors (Lipinski definition) is 2. The van der Waals surface area contributed by atoms with Crippen molar-refractivity contribution >= 4 is 23.2 Å². The number of nitrogens with zero attached hydrogens (tertiary/aromatic N) is 2. The Hall–Kier alpha value is -1.92. The van der Waals surface area contributed by atoms with E-state index in [9.17, 15) is 9.59 Å². The molecule has 0 aromatic heterocycles. The Bertz CT molecular complexity index is 618. The summed E-state index contributed by atoms with van der Waals surface area (Å²) in [5.74, 6) is 0.0477. The maximum Gasteiger partial charge on any atom is 0.238 e. The number of anilines is 2. The van der Waals surface area contributed by atoms with Gasteiger partial charge in [-0.3, -0.25) is 14.5 Å². The van der Waals surface area contributed by atoms with Crippen molar-refractivity contribution in [2.45, 2.75) is 39.5 Å². The third-order valence-electron chi connectivity index (χ3n) is 4.72. The van der Waals surface area contributed by atoms with E-state index in [0.717, 1.165) is 62.4 Å². The summed E-state index contributed by atoms with van der Waals surface area (Å²) in [7, 11) is 2.12. The standard InChI is InChI=1S/C20H32N4O2/c1-4-5-7-19(25)22-18-9-8-17(14-16(18)2)21-20(26)15-24-11-6-10-23(3)12-13-24/h8-9,14H,4-7,10-13,15H2,1-3H3,(H,21,26)(H,22,25). The van der Waals surface area contributed by atoms with Crippen LogP contribution in [0.5, 0.6) is 0 Å². The smallest absolute Gasteiger partial charge is 0.238 e. The summed E-state index contributed by atoms with van der Waals surface area (Å²) in [5.41, 5.74) is 2.52. The van der Waals surface area contributed by atoms with E-state index in [2.05, 4.69) is 34.4 Å². The summed E-state index contributed by atoms with van der Waals surface area (Å²) in [6, 6.07) is 5.61. The summed E-state index contributed by atoms with van der Waals surface area (Å²) in [4.78, 5) is 28.7. The van der Waals surface area contributed by atoms with Gasteiger partial charge in [0.25, 0.3) is 0 Å². The fraction of sp³-hybridized carbons (Fsp3) is 0.600. The third-order valence-corrected chi connectivity index (χ3v) is 4.72. The molecule has 2 rings (SSSR count). The van der Waals surface area contributed by atoms with Gasteiger partial charge in [-0.2, -0.15) is 0 Å². The largest absolute Gasteiger partial charge is 0.326 e. The lowest BCUT2D eigenvalue weighted by molar-refractivity contribution is -0.117. The topological polar surface area (TPSA) is 64.7 Å². The lowest BCUT2D eigenvalue weighted by Crippen LogP contribution is -2.35. The number of unbranched alkanes of at least 4 members (excludes halogenated alkanes) is 1. The molecule has 1 heterocycles. The second-order valence-corrected chi connectivity index (χ2v) is 7.16. The fourth-order valence-electron chi connectivity index (χ4n) is 3.09. The van der Waals surface area contributed by atoms with Gasteiger partial charge >= 0.3 is 0 Å². The van der Waals surface area contributed by atoms with Crippen LogP contribution in [0.1, 0.15) is 38.2 Å². The van der Waals surface area contributed by atoms with Crippen LogP contribution in [0.2, 0.25) is 0 Å². The zero-order valence-electron chi connectivity index (χ0n) is 16.3. The maximum absolute atomic E-state index is 12.3. The number of aryl methyl sites for hydroxylation is 1. The van der Waals surface area contributed by atoms with Crippen molar-refractivity contribution in [2.24, 2.45) is 0 Å². The van der Waals surface area contributed by atoms with Crippen LogP contribution in [-0.4, -0.2) is 61.4 Å². The molecule has 2 N–H and O–H groups in total. The van der Waals surface area contributed by atoms with Crippen molar-refractivity contribution in [2.75, 3.05) is 50.4 Å². The fourth-order valence-corrected chi connectivity index (χ4v) is 3.09. The van der Waals surface area contributed by atoms with E-state index in [4.69, 9.17) is 0 Å². The lowest BCUT2D eigenvalue weighted by atomic mass is 10.1. The van der Waals surface area contributed by atoms with Crippen LogP contribution in [-0.2, 0) is 9.59 Å². The second-order valence-electron chi connectivity index (χ2n) is 7.16. The van der Waals surface area contributed by atoms with E-state index in [-0.39, 0.29) is 11.8 Å². The number of hydrogen-bond acceptors (Lipinski definition) is 4. The normalized spacial score (nSPS) is 16.1. The van der Waals surface area contributed by atoms with E-state index < -0.39 is 0 Å². The van der Waals surface area contributed by atoms with Crippen molar-refractivity contribution in [3.63, 3.8) is 0 Å². The van der Waals surface area contributed by atoms with Crippen LogP contribution in [0, 0.1) is 6.92 Å². The highest BCUT2D eigenvalue weighted by atomic mass is 16.2. The summed E-state index contributed by atoms with van der Waals surface area (Å²) in [6.45, 7) is 8.39. The zero-order valence-corrected chi connectivity index (χ0v) is 16.3. The molecular weight excluding hydrogens is 328 g/mol. The average molecular weight is 361 g/mol. The molecular formula is C20H32N4O2. The molecule has 0 aliphatic carbocycles. The number of benzene rings is 1. The highest BCUT2D eigenvalue weighted by Gasteiger charge is 2.15. The first-order valence-electron chi connectivity index (χ1n) is 9.59. The number of likely N-dealkylation sites (N-methyl/N-ethyl adjacent to an activating group) is 1. The minimum Gasteiger partial charge on any atom is -0.326 e. The molecule has 0 saturated carbocycles. The average Bonchev–Trinajstić information content (AvgIpc) is 2.80. The van der Waals surface area contributed by atoms with Crippen molar-refractivity contribution < 1.29 is 9.59 Å². The van der Waals surface area contributed by atoms with E-state index in [1.54, 1.807) is 0 Å². The van der Waals surface area contributed by atoms with Crippen LogP contribution in [0.15, 0.2) is 18.2 Å². The van der Waals surface area contributed by atoms with Crippen LogP contribution >= 0.6 is 0 Å². The van der Waals surface area contributed by atoms with Gasteiger partial charge in [-0.15, -0.1) is 0 Å². The highest BCUT2D eigenvalue weighted by Crippen LogP contribution is 2.20. The van der Waals surface area contributed by atoms with Crippen molar-refractivity contribution in [3.8, 4) is 0 Å². The molecule has 1 aromatic rings. The molecule has 0 atom stereocenters. The minimum absolute atomic E-state index is 0.00804. The molecule has 6 nitrogen and oxygen atoms in total. The molecule has 1 aliphatic rings. The molecule has 1 fully saturated rings. The van der Waals surface area contributed by atoms with E-state index in [0.29, 0.717) is 13.0 Å². The predicted molar refractivity (Wildman–Crippen MR) is 107 cm³/mol. The highest BCUT2D eigenvalue weighted by molar-refractivity contribution is 5.94. The van der Waals surface area contributed by atoms with Crippen molar-refractivity contribution in [3.05, 3.63) is 23.8 Å². The number of nitrogens with one attached hydrogen (secondary N) is 2. The summed E-state index contributed by atoms with van der Waals surface area (Å²) in [5, 5.41) is 5.91. The Kier molecular flexibility index (Phi) is 8.06. The van der Waals surface area contributed by atoms with Crippen LogP contribution in [0.25, 0.3) is 0 Å². The molecule has 1 saturated heterocycles. The molecule has 0 unspecified atom stereocenters. The van der Waals surface area contributed by atoms with Crippen LogP contribution < -0.4 is 10.6 Å². The van der Waals surface area contributed by atoms with Gasteiger partial charge in [-0.05, 0) is 63.7 Å². The van der Waals surface area contributed by atoms with E-state index >= 15 is 0 Å². The zero-order chi connectivity index (χ0) is 18.9. The molecule has 0 radical (unpaired) electrons. The van der Waals surface area contributed by atoms with E-state index in [1.165, 1.54) is 0 Å². The Morgan fingerprint density at radius 3 is 2.62 bits per heavy atom. The first-order valence-corrected chi connectivity index (χ1v) is 9.59. The third kappa shape index (κ3) is 6.77. The van der Waals surface area contributed by atoms with Gasteiger partial charge in [0, 0.05) is 30.9 Å². The minimum atomic E-state index is 0.00804. The Labute approximate surface area is 156 Å². The Morgan fingerprint density at radius 2 is 1.88 bits per heavy atom. The maximum atomic E-state index is 12.3. The van der Waals surface area contributed by atoms with E-state index in [1.807, 2.05) is 25.1 Å². The molecule has 0 bridgehead atoms. The molecule has 1 aromatic carbocycles. The van der Waals surface area contributed by atoms with Crippen molar-refractivity contribution in [1.29, 1.82) is 0 Å². The first kappa shape index (κ1) is 20.4. The Morgan fingerprint density at radius 1 is 1.08 bits per heavy atom. The number of amides is 2. The predicted octanol–water partition coefficient (Wildman–Crippen LogP) is 2.70. The summed E-state index contributed by atoms with van der Waals surface area (Å²) >= 11 is 0. The van der Waals surface area contributed by atoms with Crippen LogP contribution in [0.4, 0.5) is 11.4 Å². The Balaban J connectivity index is 1.86. The summed E-state index contributed by atoms with van der Waals surface area (Å²) < 4.78 is 0. The van der Waals surface area contributed by atoms with Crippen molar-refractivity contribution in [1.82, 2.24) is 9.80 Å². The molecule has 6 heteroatoms. The first-order chi connectivity index (χ1) is 12.5. The van der Waals surface area contributed by atoms with Gasteiger partial charge in [-0.1, -0.05) is 13.3 Å². The van der Waals surface area contributed by atoms with Gasteiger partial charge in [0.05, 0.1) is 6.54 Å². The van der Waals surface area contributed by atoms with Gasteiger partial charge in [0.1, 0.15) is 0 Å². The van der Waals surface area contributed by atoms with Gasteiger partial charge in [-0.25, -0.2) is 0 Å². The number of rotatable bonds is 7.